The summed E-state index contributed by atoms with van der Waals surface area (Å²) in [5.41, 5.74) is 0.255. The molecule has 0 aromatic heterocycles. The number of nitrogens with zero attached hydrogens (tertiary/aromatic N) is 3. The lowest BCUT2D eigenvalue weighted by Gasteiger charge is -2.43. The van der Waals surface area contributed by atoms with Gasteiger partial charge in [0.05, 0.1) is 17.5 Å². The minimum absolute atomic E-state index is 0.0522. The molecule has 0 aliphatic carbocycles. The lowest BCUT2D eigenvalue weighted by Crippen LogP contribution is -2.51. The highest BCUT2D eigenvalue weighted by Crippen LogP contribution is 2.45. The van der Waals surface area contributed by atoms with Crippen LogP contribution in [0.15, 0.2) is 29.3 Å². The zero-order valence-electron chi connectivity index (χ0n) is 25.7. The summed E-state index contributed by atoms with van der Waals surface area (Å²) in [6.45, 7) is 15.4. The molecule has 3 atom stereocenters. The first kappa shape index (κ1) is 32.9. The number of benzene rings is 1. The fraction of sp³-hybridized carbons (Fsp3) is 0.719. The molecule has 2 aliphatic rings. The Kier molecular flexibility index (Phi) is 10.2. The Bertz CT molecular complexity index is 1090. The number of hydrogen-bond donors (Lipinski definition) is 1. The predicted molar refractivity (Wildman–Crippen MR) is 156 cm³/mol. The summed E-state index contributed by atoms with van der Waals surface area (Å²) in [7, 11) is 0. The Balaban J connectivity index is 2.05. The Morgan fingerprint density at radius 2 is 1.63 bits per heavy atom. The molecule has 1 amide bonds. The monoisotopic (exact) mass is 579 g/mol. The van der Waals surface area contributed by atoms with Gasteiger partial charge < -0.3 is 14.9 Å². The van der Waals surface area contributed by atoms with Gasteiger partial charge in [0.15, 0.2) is 5.84 Å². The number of halogens is 3. The third kappa shape index (κ3) is 7.63. The molecule has 0 saturated carbocycles. The maximum Gasteiger partial charge on any atom is 0.391 e. The van der Waals surface area contributed by atoms with Crippen LogP contribution < -0.4 is 0 Å². The summed E-state index contributed by atoms with van der Waals surface area (Å²) in [5, 5.41) is 9.44. The molecule has 230 valence electrons. The summed E-state index contributed by atoms with van der Waals surface area (Å²) >= 11 is 0. The van der Waals surface area contributed by atoms with E-state index in [0.717, 1.165) is 18.4 Å². The summed E-state index contributed by atoms with van der Waals surface area (Å²) < 4.78 is 40.2. The number of aromatic carboxylic acids is 1. The van der Waals surface area contributed by atoms with Crippen LogP contribution in [0.5, 0.6) is 0 Å². The average Bonchev–Trinajstić information content (AvgIpc) is 3.19. The number of carboxylic acids is 1. The number of hydrogen-bond acceptors (Lipinski definition) is 4. The Labute approximate surface area is 243 Å². The molecule has 6 nitrogen and oxygen atoms in total. The molecule has 9 heteroatoms. The van der Waals surface area contributed by atoms with Crippen LogP contribution in [0.25, 0.3) is 0 Å². The molecule has 0 radical (unpaired) electrons. The lowest BCUT2D eigenvalue weighted by molar-refractivity contribution is -0.183. The highest BCUT2D eigenvalue weighted by Gasteiger charge is 2.51. The number of amidine groups is 1. The molecule has 0 spiro atoms. The lowest BCUT2D eigenvalue weighted by atomic mass is 9.77. The van der Waals surface area contributed by atoms with E-state index in [1.807, 2.05) is 11.8 Å². The van der Waals surface area contributed by atoms with Crippen molar-refractivity contribution in [1.82, 2.24) is 9.80 Å². The smallest absolute Gasteiger partial charge is 0.391 e. The van der Waals surface area contributed by atoms with E-state index in [-0.39, 0.29) is 54.7 Å². The van der Waals surface area contributed by atoms with Gasteiger partial charge in [0.25, 0.3) is 5.91 Å². The number of carboxylic acid groups (broad SMARTS) is 1. The number of piperidine rings is 1. The molecule has 1 fully saturated rings. The molecule has 2 unspecified atom stereocenters. The van der Waals surface area contributed by atoms with Crippen LogP contribution in [0.4, 0.5) is 13.2 Å². The van der Waals surface area contributed by atoms with Gasteiger partial charge in [-0.1, -0.05) is 60.6 Å². The van der Waals surface area contributed by atoms with Crippen molar-refractivity contribution in [3.05, 3.63) is 35.4 Å². The normalized spacial score (nSPS) is 22.3. The van der Waals surface area contributed by atoms with Gasteiger partial charge in [-0.2, -0.15) is 13.2 Å². The van der Waals surface area contributed by atoms with Crippen molar-refractivity contribution in [2.75, 3.05) is 13.1 Å². The summed E-state index contributed by atoms with van der Waals surface area (Å²) in [6.07, 6.45) is -0.772. The van der Waals surface area contributed by atoms with Crippen LogP contribution >= 0.6 is 0 Å². The van der Waals surface area contributed by atoms with Crippen molar-refractivity contribution < 1.29 is 27.9 Å². The van der Waals surface area contributed by atoms with Crippen LogP contribution in [-0.2, 0) is 4.79 Å². The van der Waals surface area contributed by atoms with Gasteiger partial charge in [-0.15, -0.1) is 0 Å². The largest absolute Gasteiger partial charge is 0.478 e. The molecule has 1 aromatic carbocycles. The number of carbonyl (C=O) groups excluding carboxylic acids is 1. The van der Waals surface area contributed by atoms with Crippen molar-refractivity contribution in [2.24, 2.45) is 28.2 Å². The number of rotatable bonds is 10. The first-order valence-electron chi connectivity index (χ1n) is 15.1. The van der Waals surface area contributed by atoms with Crippen molar-refractivity contribution >= 4 is 17.7 Å². The van der Waals surface area contributed by atoms with Gasteiger partial charge in [0.1, 0.15) is 5.66 Å². The first-order chi connectivity index (χ1) is 19.0. The van der Waals surface area contributed by atoms with Gasteiger partial charge >= 0.3 is 12.1 Å². The van der Waals surface area contributed by atoms with E-state index in [0.29, 0.717) is 31.1 Å². The number of alkyl halides is 3. The fourth-order valence-electron chi connectivity index (χ4n) is 5.92. The minimum Gasteiger partial charge on any atom is -0.478 e. The molecule has 3 rings (SSSR count). The standard InChI is InChI=1S/C32H48F3N3O3/c1-8-31(18-15-22(4)30(5,6)7)36-27(37-19-16-25(17-20-37)32(33,34)35)28(39)38(31)26(14-9-21(2)3)23-10-12-24(13-11-23)29(40)41/h10-13,21-22,25-26H,8-9,14-20H2,1-7H3,(H,40,41)/t22?,26-,31?/m1/s1. The molecule has 1 saturated heterocycles. The van der Waals surface area contributed by atoms with Crippen molar-refractivity contribution in [3.8, 4) is 0 Å². The second kappa shape index (κ2) is 12.7. The second-order valence-corrected chi connectivity index (χ2v) is 13.5. The summed E-state index contributed by atoms with van der Waals surface area (Å²) in [5.74, 6) is -1.60. The van der Waals surface area contributed by atoms with E-state index >= 15 is 0 Å². The van der Waals surface area contributed by atoms with E-state index in [1.54, 1.807) is 29.2 Å². The highest BCUT2D eigenvalue weighted by molar-refractivity contribution is 6.39. The van der Waals surface area contributed by atoms with Crippen LogP contribution in [0, 0.1) is 23.2 Å². The number of amides is 1. The number of aliphatic imine (C=N–C) groups is 1. The van der Waals surface area contributed by atoms with Crippen molar-refractivity contribution in [3.63, 3.8) is 0 Å². The topological polar surface area (TPSA) is 73.2 Å². The minimum atomic E-state index is -4.24. The van der Waals surface area contributed by atoms with Crippen LogP contribution in [0.2, 0.25) is 0 Å². The molecule has 0 bridgehead atoms. The SMILES string of the molecule is CCC1(CCC(C)C(C)(C)C)N=C(N2CCC(C(F)(F)F)CC2)C(=O)N1[C@H](CCC(C)C)c1ccc(C(=O)O)cc1. The van der Waals surface area contributed by atoms with Gasteiger partial charge in [-0.05, 0) is 79.9 Å². The maximum absolute atomic E-state index is 14.4. The van der Waals surface area contributed by atoms with E-state index in [9.17, 15) is 27.9 Å². The van der Waals surface area contributed by atoms with Crippen LogP contribution in [0.1, 0.15) is 115 Å². The first-order valence-corrected chi connectivity index (χ1v) is 15.1. The molecule has 1 N–H and O–H groups in total. The number of carbonyl (C=O) groups is 2. The third-order valence-corrected chi connectivity index (χ3v) is 9.32. The van der Waals surface area contributed by atoms with Gasteiger partial charge in [-0.3, -0.25) is 4.79 Å². The predicted octanol–water partition coefficient (Wildman–Crippen LogP) is 7.95. The van der Waals surface area contributed by atoms with Crippen LogP contribution in [0.3, 0.4) is 0 Å². The molecular weight excluding hydrogens is 531 g/mol. The van der Waals surface area contributed by atoms with Gasteiger partial charge in [-0.25, -0.2) is 9.79 Å². The van der Waals surface area contributed by atoms with E-state index < -0.39 is 23.7 Å². The van der Waals surface area contributed by atoms with Gasteiger partial charge in [0, 0.05) is 13.1 Å². The zero-order chi connectivity index (χ0) is 30.8. The fourth-order valence-corrected chi connectivity index (χ4v) is 5.92. The highest BCUT2D eigenvalue weighted by atomic mass is 19.4. The Hall–Kier alpha value is -2.58. The molecule has 2 aliphatic heterocycles. The van der Waals surface area contributed by atoms with E-state index in [2.05, 4.69) is 41.5 Å². The molecule has 2 heterocycles. The molecule has 41 heavy (non-hydrogen) atoms. The van der Waals surface area contributed by atoms with E-state index in [1.165, 1.54) is 0 Å². The third-order valence-electron chi connectivity index (χ3n) is 9.32. The Morgan fingerprint density at radius 3 is 2.10 bits per heavy atom. The van der Waals surface area contributed by atoms with Crippen molar-refractivity contribution in [2.45, 2.75) is 111 Å². The Morgan fingerprint density at radius 1 is 1.05 bits per heavy atom. The van der Waals surface area contributed by atoms with Crippen LogP contribution in [-0.4, -0.2) is 57.5 Å². The maximum atomic E-state index is 14.4. The summed E-state index contributed by atoms with van der Waals surface area (Å²) in [4.78, 5) is 34.7. The zero-order valence-corrected chi connectivity index (χ0v) is 25.7. The molecular formula is C32H48F3N3O3. The van der Waals surface area contributed by atoms with Gasteiger partial charge in [0.2, 0.25) is 0 Å². The number of likely N-dealkylation sites (tertiary alicyclic amines) is 1. The average molecular weight is 580 g/mol. The quantitative estimate of drug-likeness (QED) is 0.305. The summed E-state index contributed by atoms with van der Waals surface area (Å²) in [6, 6.07) is 6.37. The molecule has 1 aromatic rings. The second-order valence-electron chi connectivity index (χ2n) is 13.5. The van der Waals surface area contributed by atoms with E-state index in [4.69, 9.17) is 4.99 Å². The van der Waals surface area contributed by atoms with Crippen molar-refractivity contribution in [1.29, 1.82) is 0 Å².